The lowest BCUT2D eigenvalue weighted by Crippen LogP contribution is -2.28. The zero-order chi connectivity index (χ0) is 44.4. The van der Waals surface area contributed by atoms with Crippen molar-refractivity contribution < 1.29 is 95.8 Å². The van der Waals surface area contributed by atoms with Crippen LogP contribution in [0, 0.1) is 0 Å². The Balaban J connectivity index is 2.39. The number of alkyl halides is 1. The van der Waals surface area contributed by atoms with Crippen molar-refractivity contribution in [3.05, 3.63) is 17.7 Å². The predicted molar refractivity (Wildman–Crippen MR) is 224 cm³/mol. The van der Waals surface area contributed by atoms with Crippen molar-refractivity contribution in [3.8, 4) is 17.2 Å². The number of benzene rings is 1. The van der Waals surface area contributed by atoms with Crippen molar-refractivity contribution in [2.45, 2.75) is 19.3 Å². The number of ether oxygens (including phenoxy) is 11. The summed E-state index contributed by atoms with van der Waals surface area (Å²) in [6, 6.07) is 2.52. The van der Waals surface area contributed by atoms with Crippen LogP contribution < -0.4 is 19.5 Å². The number of nitrogens with one attached hydrogen (secondary N) is 1. The number of halogens is 1. The third-order valence-corrected chi connectivity index (χ3v) is 9.90. The third kappa shape index (κ3) is 34.8. The number of rotatable bonds is 42. The Labute approximate surface area is 366 Å². The number of carbonyl (C=O) groups excluding carboxylic acids is 1. The molecule has 0 aromatic heterocycles. The van der Waals surface area contributed by atoms with Crippen molar-refractivity contribution in [3.63, 3.8) is 0 Å². The van der Waals surface area contributed by atoms with Crippen LogP contribution in [0.25, 0.3) is 0 Å². The summed E-state index contributed by atoms with van der Waals surface area (Å²) >= 11 is 2.25. The Morgan fingerprint density at radius 2 is 0.767 bits per heavy atom. The molecule has 0 bridgehead atoms. The fourth-order valence-corrected chi connectivity index (χ4v) is 6.12. The molecule has 1 aromatic rings. The van der Waals surface area contributed by atoms with E-state index >= 15 is 0 Å². The second-order valence-corrected chi connectivity index (χ2v) is 17.9. The summed E-state index contributed by atoms with van der Waals surface area (Å²) < 4.78 is 155. The number of hydrogen-bond acceptors (Lipinski definition) is 18. The summed E-state index contributed by atoms with van der Waals surface area (Å²) in [6.07, 6.45) is -0.483. The van der Waals surface area contributed by atoms with Gasteiger partial charge in [-0.2, -0.15) is 25.3 Å². The number of hydrogen-bond donors (Lipinski definition) is 4. The van der Waals surface area contributed by atoms with Gasteiger partial charge in [0.1, 0.15) is 0 Å². The Morgan fingerprint density at radius 1 is 0.467 bits per heavy atom. The van der Waals surface area contributed by atoms with Crippen LogP contribution in [0.3, 0.4) is 0 Å². The monoisotopic (exact) mass is 1040 g/mol. The van der Waals surface area contributed by atoms with Crippen LogP contribution in [-0.4, -0.2) is 199 Å². The summed E-state index contributed by atoms with van der Waals surface area (Å²) in [5, 5.41) is 2.65. The van der Waals surface area contributed by atoms with E-state index in [1.54, 1.807) is 0 Å². The van der Waals surface area contributed by atoms with E-state index in [1.807, 2.05) is 0 Å². The minimum Gasteiger partial charge on any atom is -0.489 e. The van der Waals surface area contributed by atoms with Gasteiger partial charge >= 0.3 is 0 Å². The van der Waals surface area contributed by atoms with Crippen molar-refractivity contribution in [1.82, 2.24) is 5.32 Å². The largest absolute Gasteiger partial charge is 0.489 e. The summed E-state index contributed by atoms with van der Waals surface area (Å²) in [5.74, 6) is -2.89. The molecule has 0 heterocycles. The van der Waals surface area contributed by atoms with Crippen molar-refractivity contribution in [2.24, 2.45) is 0 Å². The molecule has 4 N–H and O–H groups in total. The molecule has 1 aromatic carbocycles. The highest BCUT2D eigenvalue weighted by Crippen LogP contribution is 2.39. The second kappa shape index (κ2) is 34.7. The van der Waals surface area contributed by atoms with Crippen LogP contribution in [0.5, 0.6) is 17.2 Å². The normalized spacial score (nSPS) is 12.1. The molecule has 0 radical (unpaired) electrons. The van der Waals surface area contributed by atoms with E-state index in [2.05, 4.69) is 27.9 Å². The molecule has 0 saturated carbocycles. The molecule has 1 rings (SSSR count). The molecule has 22 nitrogen and oxygen atoms in total. The standard InChI is InChI=1S/C34H60INO21S3/c35-4-9-47-11-13-49-15-17-51-19-21-53-23-24-54-22-20-52-18-16-50-14-12-48-10-5-36-34(37)30-28-31(55-6-1-25-58(38,39)40)33(57-8-3-27-60(44,45)46)32(29-30)56-7-2-26-59(41,42)43/h28-29H,1-27H2,(H,36,37)(H,38,39,40)(H,41,42,43)(H,44,45,46). The summed E-state index contributed by atoms with van der Waals surface area (Å²) in [6.45, 7) is 6.04. The fraction of sp³-hybridized carbons (Fsp3) is 0.794. The highest BCUT2D eigenvalue weighted by atomic mass is 127. The van der Waals surface area contributed by atoms with Crippen LogP contribution in [0.4, 0.5) is 0 Å². The van der Waals surface area contributed by atoms with Crippen LogP contribution in [0.2, 0.25) is 0 Å². The molecule has 60 heavy (non-hydrogen) atoms. The molecule has 1 amide bonds. The molecule has 0 spiro atoms. The first-order valence-corrected chi connectivity index (χ1v) is 25.3. The minimum absolute atomic E-state index is 0.0141. The maximum absolute atomic E-state index is 13.1. The highest BCUT2D eigenvalue weighted by Gasteiger charge is 2.20. The van der Waals surface area contributed by atoms with Gasteiger partial charge in [0.25, 0.3) is 36.3 Å². The molecule has 0 fully saturated rings. The molecule has 0 saturated heterocycles. The van der Waals surface area contributed by atoms with Gasteiger partial charge in [-0.25, -0.2) is 0 Å². The van der Waals surface area contributed by atoms with E-state index in [4.69, 9.17) is 65.8 Å². The minimum atomic E-state index is -4.30. The highest BCUT2D eigenvalue weighted by molar-refractivity contribution is 14.1. The van der Waals surface area contributed by atoms with Gasteiger partial charge in [0.05, 0.1) is 143 Å². The first-order chi connectivity index (χ1) is 28.6. The molecule has 0 unspecified atom stereocenters. The van der Waals surface area contributed by atoms with E-state index in [-0.39, 0.29) is 88.3 Å². The Morgan fingerprint density at radius 3 is 1.08 bits per heavy atom. The average Bonchev–Trinajstić information content (AvgIpc) is 3.17. The molecule has 0 aliphatic rings. The molecule has 352 valence electrons. The summed E-state index contributed by atoms with van der Waals surface area (Å²) in [4.78, 5) is 13.1. The zero-order valence-electron chi connectivity index (χ0n) is 33.5. The average molecular weight is 1040 g/mol. The number of carbonyl (C=O) groups is 1. The van der Waals surface area contributed by atoms with Gasteiger partial charge in [0.2, 0.25) is 5.75 Å². The molecular weight excluding hydrogens is 981 g/mol. The molecule has 26 heteroatoms. The van der Waals surface area contributed by atoms with E-state index in [1.165, 1.54) is 12.1 Å². The van der Waals surface area contributed by atoms with Gasteiger partial charge in [-0.1, -0.05) is 22.6 Å². The lowest BCUT2D eigenvalue weighted by atomic mass is 10.1. The van der Waals surface area contributed by atoms with E-state index < -0.39 is 53.5 Å². The van der Waals surface area contributed by atoms with Crippen LogP contribution in [0.15, 0.2) is 12.1 Å². The Bertz CT molecular complexity index is 1540. The maximum atomic E-state index is 13.1. The quantitative estimate of drug-likeness (QED) is 0.0307. The summed E-state index contributed by atoms with van der Waals surface area (Å²) in [7, 11) is -12.9. The van der Waals surface area contributed by atoms with Gasteiger partial charge in [-0.05, 0) is 31.4 Å². The van der Waals surface area contributed by atoms with Crippen molar-refractivity contribution in [1.29, 1.82) is 0 Å². The Hall–Kier alpha value is -1.77. The van der Waals surface area contributed by atoms with E-state index in [0.29, 0.717) is 79.3 Å². The van der Waals surface area contributed by atoms with E-state index in [9.17, 15) is 30.0 Å². The third-order valence-electron chi connectivity index (χ3n) is 7.04. The first-order valence-electron chi connectivity index (χ1n) is 19.0. The maximum Gasteiger partial charge on any atom is 0.264 e. The zero-order valence-corrected chi connectivity index (χ0v) is 38.1. The topological polar surface area (TPSA) is 294 Å². The second-order valence-electron chi connectivity index (χ2n) is 12.1. The van der Waals surface area contributed by atoms with Gasteiger partial charge < -0.3 is 57.4 Å². The molecule has 0 aliphatic carbocycles. The first kappa shape index (κ1) is 56.2. The van der Waals surface area contributed by atoms with Crippen LogP contribution >= 0.6 is 22.6 Å². The van der Waals surface area contributed by atoms with Gasteiger partial charge in [-0.15, -0.1) is 0 Å². The SMILES string of the molecule is O=C(NCCOCCOCCOCCOCCOCCOCCOCCOCCI)c1cc(OCCCS(=O)(=O)O)c(OCCCS(=O)(=O)O)c(OCCCS(=O)(=O)O)c1. The molecular formula is C34H60INO21S3. The lowest BCUT2D eigenvalue weighted by Gasteiger charge is -2.19. The van der Waals surface area contributed by atoms with Crippen LogP contribution in [-0.2, 0) is 68.2 Å². The van der Waals surface area contributed by atoms with Gasteiger partial charge in [-0.3, -0.25) is 18.5 Å². The fourth-order valence-electron chi connectivity index (χ4n) is 4.36. The van der Waals surface area contributed by atoms with Gasteiger partial charge in [0.15, 0.2) is 11.5 Å². The smallest absolute Gasteiger partial charge is 0.264 e. The predicted octanol–water partition coefficient (Wildman–Crippen LogP) is 0.954. The number of amides is 1. The van der Waals surface area contributed by atoms with E-state index in [0.717, 1.165) is 11.0 Å². The van der Waals surface area contributed by atoms with Crippen LogP contribution in [0.1, 0.15) is 29.6 Å². The van der Waals surface area contributed by atoms with Crippen molar-refractivity contribution >= 4 is 58.9 Å². The lowest BCUT2D eigenvalue weighted by molar-refractivity contribution is -0.0226. The molecule has 0 aliphatic heterocycles. The molecule has 0 atom stereocenters. The summed E-state index contributed by atoms with van der Waals surface area (Å²) in [5.41, 5.74) is -0.0141. The Kier molecular flexibility index (Phi) is 32.5. The van der Waals surface area contributed by atoms with Crippen molar-refractivity contribution in [2.75, 3.05) is 154 Å². The van der Waals surface area contributed by atoms with Gasteiger partial charge in [0, 0.05) is 16.5 Å².